The molecule has 0 bridgehead atoms. The zero-order chi connectivity index (χ0) is 13.1. The van der Waals surface area contributed by atoms with Crippen molar-refractivity contribution < 1.29 is 22.6 Å². The number of alkyl halides is 3. The summed E-state index contributed by atoms with van der Waals surface area (Å²) in [6, 6.07) is 2.53. The number of aromatic amines is 1. The van der Waals surface area contributed by atoms with Crippen LogP contribution in [0.5, 0.6) is 11.5 Å². The molecule has 0 spiro atoms. The Balaban J connectivity index is 3.19. The van der Waals surface area contributed by atoms with Crippen molar-refractivity contribution in [2.45, 2.75) is 12.8 Å². The Labute approximate surface area is 93.4 Å². The molecule has 8 heteroatoms. The Kier molecular flexibility index (Phi) is 3.62. The summed E-state index contributed by atoms with van der Waals surface area (Å²) in [5.41, 5.74) is -0.983. The molecular formula is C9H7F3N2O3. The second-order valence-electron chi connectivity index (χ2n) is 2.89. The summed E-state index contributed by atoms with van der Waals surface area (Å²) in [5.74, 6) is -0.985. The predicted molar refractivity (Wildman–Crippen MR) is 49.6 cm³/mol. The summed E-state index contributed by atoms with van der Waals surface area (Å²) in [6.45, 7) is 0. The molecule has 0 fully saturated rings. The standard InChI is InChI=1S/C9H7F3N2O3/c1-16-6-4-7(17-9(10,11)12)8(15)14-5(6)2-3-13/h4H,2H2,1H3,(H,14,15). The maximum Gasteiger partial charge on any atom is 0.573 e. The molecule has 1 heterocycles. The molecule has 5 nitrogen and oxygen atoms in total. The molecule has 0 aromatic carbocycles. The summed E-state index contributed by atoms with van der Waals surface area (Å²) in [5, 5.41) is 8.45. The highest BCUT2D eigenvalue weighted by Gasteiger charge is 2.32. The van der Waals surface area contributed by atoms with Crippen molar-refractivity contribution >= 4 is 0 Å². The molecule has 17 heavy (non-hydrogen) atoms. The molecule has 0 aliphatic carbocycles. The van der Waals surface area contributed by atoms with Gasteiger partial charge in [-0.15, -0.1) is 13.2 Å². The number of methoxy groups -OCH3 is 1. The number of nitrogens with zero attached hydrogens (tertiary/aromatic N) is 1. The first-order valence-electron chi connectivity index (χ1n) is 4.30. The van der Waals surface area contributed by atoms with Crippen LogP contribution in [0.2, 0.25) is 0 Å². The minimum Gasteiger partial charge on any atom is -0.495 e. The van der Waals surface area contributed by atoms with Crippen LogP contribution in [0.25, 0.3) is 0 Å². The van der Waals surface area contributed by atoms with Crippen molar-refractivity contribution in [1.82, 2.24) is 4.98 Å². The molecule has 0 atom stereocenters. The normalized spacial score (nSPS) is 10.8. The fraction of sp³-hybridized carbons (Fsp3) is 0.333. The van der Waals surface area contributed by atoms with Crippen molar-refractivity contribution in [2.75, 3.05) is 7.11 Å². The van der Waals surface area contributed by atoms with E-state index in [2.05, 4.69) is 9.72 Å². The average molecular weight is 248 g/mol. The molecular weight excluding hydrogens is 241 g/mol. The van der Waals surface area contributed by atoms with E-state index in [1.54, 1.807) is 6.07 Å². The van der Waals surface area contributed by atoms with Crippen LogP contribution < -0.4 is 15.0 Å². The van der Waals surface area contributed by atoms with Crippen LogP contribution in [0.1, 0.15) is 5.69 Å². The lowest BCUT2D eigenvalue weighted by atomic mass is 10.2. The minimum atomic E-state index is -4.96. The quantitative estimate of drug-likeness (QED) is 0.875. The van der Waals surface area contributed by atoms with E-state index in [1.807, 2.05) is 0 Å². The number of hydrogen-bond acceptors (Lipinski definition) is 4. The lowest BCUT2D eigenvalue weighted by Gasteiger charge is -2.10. The molecule has 1 aromatic heterocycles. The number of hydrogen-bond donors (Lipinski definition) is 1. The molecule has 0 radical (unpaired) electrons. The maximum atomic E-state index is 11.9. The van der Waals surface area contributed by atoms with Crippen molar-refractivity contribution in [3.05, 3.63) is 22.1 Å². The Hall–Kier alpha value is -2.17. The first-order chi connectivity index (χ1) is 7.87. The minimum absolute atomic E-state index is 0.0506. The van der Waals surface area contributed by atoms with Gasteiger partial charge in [0, 0.05) is 6.07 Å². The Bertz CT molecular complexity index is 502. The van der Waals surface area contributed by atoms with E-state index in [-0.39, 0.29) is 17.9 Å². The second kappa shape index (κ2) is 4.78. The van der Waals surface area contributed by atoms with Gasteiger partial charge in [0.05, 0.1) is 25.3 Å². The molecule has 1 rings (SSSR count). The summed E-state index contributed by atoms with van der Waals surface area (Å²) >= 11 is 0. The van der Waals surface area contributed by atoms with E-state index >= 15 is 0 Å². The number of pyridine rings is 1. The van der Waals surface area contributed by atoms with Gasteiger partial charge < -0.3 is 14.5 Å². The van der Waals surface area contributed by atoms with Crippen LogP contribution in [0.4, 0.5) is 13.2 Å². The number of nitrogens with one attached hydrogen (secondary N) is 1. The number of nitriles is 1. The maximum absolute atomic E-state index is 11.9. The van der Waals surface area contributed by atoms with Gasteiger partial charge in [-0.25, -0.2) is 0 Å². The zero-order valence-electron chi connectivity index (χ0n) is 8.59. The predicted octanol–water partition coefficient (Wildman–Crippen LogP) is 1.35. The molecule has 92 valence electrons. The van der Waals surface area contributed by atoms with Crippen LogP contribution in [0.15, 0.2) is 10.9 Å². The van der Waals surface area contributed by atoms with Crippen molar-refractivity contribution in [2.24, 2.45) is 0 Å². The Morgan fingerprint density at radius 3 is 2.59 bits per heavy atom. The highest BCUT2D eigenvalue weighted by Crippen LogP contribution is 2.24. The lowest BCUT2D eigenvalue weighted by molar-refractivity contribution is -0.275. The Morgan fingerprint density at radius 2 is 2.12 bits per heavy atom. The topological polar surface area (TPSA) is 75.1 Å². The van der Waals surface area contributed by atoms with Gasteiger partial charge in [-0.1, -0.05) is 0 Å². The monoisotopic (exact) mass is 248 g/mol. The zero-order valence-corrected chi connectivity index (χ0v) is 8.59. The summed E-state index contributed by atoms with van der Waals surface area (Å²) < 4.78 is 44.1. The highest BCUT2D eigenvalue weighted by molar-refractivity contribution is 5.36. The second-order valence-corrected chi connectivity index (χ2v) is 2.89. The molecule has 1 N–H and O–H groups in total. The number of H-pyrrole nitrogens is 1. The van der Waals surface area contributed by atoms with E-state index < -0.39 is 17.7 Å². The molecule has 0 aliphatic rings. The number of rotatable bonds is 3. The van der Waals surface area contributed by atoms with E-state index in [1.165, 1.54) is 7.11 Å². The third-order valence-corrected chi connectivity index (χ3v) is 1.75. The van der Waals surface area contributed by atoms with Gasteiger partial charge in [0.1, 0.15) is 5.75 Å². The smallest absolute Gasteiger partial charge is 0.495 e. The van der Waals surface area contributed by atoms with Crippen LogP contribution in [0, 0.1) is 11.3 Å². The van der Waals surface area contributed by atoms with Gasteiger partial charge in [-0.3, -0.25) is 4.79 Å². The van der Waals surface area contributed by atoms with E-state index in [9.17, 15) is 18.0 Å². The van der Waals surface area contributed by atoms with Crippen LogP contribution >= 0.6 is 0 Å². The lowest BCUT2D eigenvalue weighted by Crippen LogP contribution is -2.23. The van der Waals surface area contributed by atoms with Crippen molar-refractivity contribution in [3.8, 4) is 17.6 Å². The first kappa shape index (κ1) is 12.9. The van der Waals surface area contributed by atoms with Gasteiger partial charge in [-0.05, 0) is 0 Å². The fourth-order valence-electron chi connectivity index (χ4n) is 1.12. The number of halogens is 3. The van der Waals surface area contributed by atoms with E-state index in [0.717, 1.165) is 6.07 Å². The fourth-order valence-corrected chi connectivity index (χ4v) is 1.12. The van der Waals surface area contributed by atoms with Crippen molar-refractivity contribution in [1.29, 1.82) is 5.26 Å². The highest BCUT2D eigenvalue weighted by atomic mass is 19.4. The molecule has 0 saturated heterocycles. The van der Waals surface area contributed by atoms with Gasteiger partial charge >= 0.3 is 6.36 Å². The van der Waals surface area contributed by atoms with E-state index in [4.69, 9.17) is 10.00 Å². The molecule has 0 aliphatic heterocycles. The molecule has 0 saturated carbocycles. The largest absolute Gasteiger partial charge is 0.573 e. The van der Waals surface area contributed by atoms with Gasteiger partial charge in [-0.2, -0.15) is 5.26 Å². The first-order valence-corrected chi connectivity index (χ1v) is 4.30. The Morgan fingerprint density at radius 1 is 1.47 bits per heavy atom. The SMILES string of the molecule is COc1cc(OC(F)(F)F)c(=O)[nH]c1CC#N. The van der Waals surface area contributed by atoms with E-state index in [0.29, 0.717) is 0 Å². The van der Waals surface area contributed by atoms with Crippen LogP contribution in [-0.2, 0) is 6.42 Å². The van der Waals surface area contributed by atoms with Crippen LogP contribution in [-0.4, -0.2) is 18.5 Å². The third kappa shape index (κ3) is 3.41. The third-order valence-electron chi connectivity index (χ3n) is 1.75. The summed E-state index contributed by atoms with van der Waals surface area (Å²) in [4.78, 5) is 13.3. The average Bonchev–Trinajstić information content (AvgIpc) is 2.20. The van der Waals surface area contributed by atoms with Gasteiger partial charge in [0.2, 0.25) is 0 Å². The molecule has 0 unspecified atom stereocenters. The van der Waals surface area contributed by atoms with Gasteiger partial charge in [0.15, 0.2) is 5.75 Å². The number of aromatic nitrogens is 1. The van der Waals surface area contributed by atoms with Crippen molar-refractivity contribution in [3.63, 3.8) is 0 Å². The number of ether oxygens (including phenoxy) is 2. The molecule has 0 amide bonds. The van der Waals surface area contributed by atoms with Gasteiger partial charge in [0.25, 0.3) is 5.56 Å². The summed E-state index contributed by atoms with van der Waals surface area (Å²) in [7, 11) is 1.20. The summed E-state index contributed by atoms with van der Waals surface area (Å²) in [6.07, 6.45) is -5.15. The van der Waals surface area contributed by atoms with Crippen LogP contribution in [0.3, 0.4) is 0 Å². The molecule has 1 aromatic rings.